The van der Waals surface area contributed by atoms with Crippen LogP contribution in [0.2, 0.25) is 0 Å². The maximum atomic E-state index is 12.6. The Hall–Kier alpha value is -0.960. The Morgan fingerprint density at radius 3 is 1.44 bits per heavy atom. The molecular formula is C14H14N2Na2O14S2. The van der Waals surface area contributed by atoms with Gasteiger partial charge in [-0.05, 0) is 19.3 Å². The largest absolute Gasteiger partial charge is 1.00 e. The Morgan fingerprint density at radius 2 is 1.21 bits per heavy atom. The Kier molecular flexibility index (Phi) is 11.1. The van der Waals surface area contributed by atoms with Gasteiger partial charge in [0.25, 0.3) is 32.1 Å². The average Bonchev–Trinajstić information content (AvgIpc) is 3.08. The molecule has 16 nitrogen and oxygen atoms in total. The SMILES string of the molecule is O=C([O-])CCCC(C(=O)[O-])(N1C(=O)CC(S(=O)(=O)O)C1=O)N1C(=O)CC(S(=O)(=O)O)C1=O.[Na+].[Na+]. The quantitative estimate of drug-likeness (QED) is 0.155. The molecule has 0 spiro atoms. The second kappa shape index (κ2) is 11.4. The van der Waals surface area contributed by atoms with Crippen LogP contribution in [-0.2, 0) is 49.0 Å². The molecular weight excluding hydrogens is 530 g/mol. The standard InChI is InChI=1S/C14H16N2O14S2.2Na/c17-8-4-6(31(25,26)27)11(21)15(8)14(13(23)24,3-1-2-10(19)20)16-9(18)5-7(12(16)22)32(28,29)30;;/h6-7H,1-5H2,(H,19,20)(H,23,24)(H,25,26,27)(H,28,29,30);;/q;2*+1/p-2. The van der Waals surface area contributed by atoms with Crippen molar-refractivity contribution < 1.29 is 124 Å². The van der Waals surface area contributed by atoms with Crippen molar-refractivity contribution in [3.8, 4) is 0 Å². The molecule has 2 saturated heterocycles. The molecule has 2 fully saturated rings. The molecule has 0 saturated carbocycles. The van der Waals surface area contributed by atoms with Gasteiger partial charge in [0.15, 0.2) is 16.2 Å². The van der Waals surface area contributed by atoms with E-state index >= 15 is 0 Å². The Labute approximate surface area is 236 Å². The van der Waals surface area contributed by atoms with Gasteiger partial charge in [-0.3, -0.25) is 38.1 Å². The van der Waals surface area contributed by atoms with Crippen LogP contribution >= 0.6 is 0 Å². The van der Waals surface area contributed by atoms with E-state index in [1.165, 1.54) is 0 Å². The molecule has 34 heavy (non-hydrogen) atoms. The zero-order valence-corrected chi connectivity index (χ0v) is 23.3. The number of likely N-dealkylation sites (tertiary alicyclic amines) is 2. The smallest absolute Gasteiger partial charge is 0.550 e. The monoisotopic (exact) mass is 544 g/mol. The minimum atomic E-state index is -5.28. The Morgan fingerprint density at radius 1 is 0.853 bits per heavy atom. The van der Waals surface area contributed by atoms with Crippen molar-refractivity contribution in [3.05, 3.63) is 0 Å². The van der Waals surface area contributed by atoms with Gasteiger partial charge in [0.2, 0.25) is 11.8 Å². The summed E-state index contributed by atoms with van der Waals surface area (Å²) in [4.78, 5) is 72.2. The van der Waals surface area contributed by atoms with Crippen LogP contribution in [0.25, 0.3) is 0 Å². The van der Waals surface area contributed by atoms with Crippen molar-refractivity contribution in [1.82, 2.24) is 9.80 Å². The van der Waals surface area contributed by atoms with Crippen LogP contribution in [0.1, 0.15) is 32.1 Å². The molecule has 2 heterocycles. The Bertz CT molecular complexity index is 1070. The van der Waals surface area contributed by atoms with Gasteiger partial charge >= 0.3 is 59.1 Å². The maximum absolute atomic E-state index is 12.6. The van der Waals surface area contributed by atoms with Gasteiger partial charge < -0.3 is 19.8 Å². The normalized spacial score (nSPS) is 22.8. The van der Waals surface area contributed by atoms with Crippen molar-refractivity contribution in [2.45, 2.75) is 48.3 Å². The molecule has 0 bridgehead atoms. The molecule has 2 aliphatic heterocycles. The number of carboxylic acids is 2. The predicted molar refractivity (Wildman–Crippen MR) is 90.2 cm³/mol. The van der Waals surface area contributed by atoms with Crippen molar-refractivity contribution in [2.75, 3.05) is 0 Å². The third-order valence-corrected chi connectivity index (χ3v) is 7.08. The van der Waals surface area contributed by atoms with Gasteiger partial charge in [0, 0.05) is 5.97 Å². The first-order valence-corrected chi connectivity index (χ1v) is 11.5. The summed E-state index contributed by atoms with van der Waals surface area (Å²) in [6.45, 7) is 0. The van der Waals surface area contributed by atoms with E-state index in [9.17, 15) is 55.8 Å². The van der Waals surface area contributed by atoms with Gasteiger partial charge in [-0.25, -0.2) is 0 Å². The minimum absolute atomic E-state index is 0. The third kappa shape index (κ3) is 6.05. The Balaban J connectivity index is 0.00000544. The first kappa shape index (κ1) is 33.0. The molecule has 0 aromatic rings. The first-order chi connectivity index (χ1) is 14.5. The van der Waals surface area contributed by atoms with E-state index in [2.05, 4.69) is 0 Å². The second-order valence-electron chi connectivity index (χ2n) is 6.88. The number of hydrogen-bond donors (Lipinski definition) is 2. The topological polar surface area (TPSA) is 264 Å². The van der Waals surface area contributed by atoms with Crippen LogP contribution in [0.15, 0.2) is 0 Å². The number of carbonyl (C=O) groups is 6. The zero-order valence-electron chi connectivity index (χ0n) is 17.7. The zero-order chi connectivity index (χ0) is 24.8. The molecule has 2 atom stereocenters. The fourth-order valence-electron chi connectivity index (χ4n) is 3.54. The van der Waals surface area contributed by atoms with Crippen molar-refractivity contribution in [2.24, 2.45) is 0 Å². The fraction of sp³-hybridized carbons (Fsp3) is 0.571. The van der Waals surface area contributed by atoms with Gasteiger partial charge in [-0.2, -0.15) is 16.8 Å². The van der Waals surface area contributed by atoms with Gasteiger partial charge in [0.1, 0.15) is 0 Å². The summed E-state index contributed by atoms with van der Waals surface area (Å²) in [6.07, 6.45) is -5.52. The van der Waals surface area contributed by atoms with Crippen LogP contribution in [0, 0.1) is 0 Å². The van der Waals surface area contributed by atoms with E-state index in [4.69, 9.17) is 9.11 Å². The molecule has 2 rings (SSSR count). The molecule has 0 aliphatic carbocycles. The number of nitrogens with zero attached hydrogens (tertiary/aromatic N) is 2. The second-order valence-corrected chi connectivity index (χ2v) is 10.1. The molecule has 2 unspecified atom stereocenters. The van der Waals surface area contributed by atoms with E-state index in [0.29, 0.717) is 0 Å². The van der Waals surface area contributed by atoms with E-state index < -0.39 is 104 Å². The summed E-state index contributed by atoms with van der Waals surface area (Å²) in [5.41, 5.74) is -3.49. The van der Waals surface area contributed by atoms with Crippen molar-refractivity contribution in [1.29, 1.82) is 0 Å². The van der Waals surface area contributed by atoms with Crippen LogP contribution < -0.4 is 69.3 Å². The summed E-state index contributed by atoms with van der Waals surface area (Å²) in [6, 6.07) is 0. The molecule has 20 heteroatoms. The molecule has 178 valence electrons. The van der Waals surface area contributed by atoms with Crippen molar-refractivity contribution in [3.63, 3.8) is 0 Å². The van der Waals surface area contributed by atoms with Crippen LogP contribution in [0.5, 0.6) is 0 Å². The number of amides is 4. The van der Waals surface area contributed by atoms with Gasteiger partial charge in [0.05, 0.1) is 18.8 Å². The summed E-state index contributed by atoms with van der Waals surface area (Å²) in [5.74, 6) is -11.3. The van der Waals surface area contributed by atoms with Crippen molar-refractivity contribution >= 4 is 55.8 Å². The number of carbonyl (C=O) groups excluding carboxylic acids is 6. The predicted octanol–water partition coefficient (Wildman–Crippen LogP) is -11.6. The molecule has 0 aromatic heterocycles. The first-order valence-electron chi connectivity index (χ1n) is 8.54. The van der Waals surface area contributed by atoms with Crippen LogP contribution in [-0.4, -0.2) is 87.5 Å². The summed E-state index contributed by atoms with van der Waals surface area (Å²) in [5, 5.41) is 17.9. The van der Waals surface area contributed by atoms with Crippen LogP contribution in [0.3, 0.4) is 0 Å². The number of hydrogen-bond acceptors (Lipinski definition) is 12. The van der Waals surface area contributed by atoms with Gasteiger partial charge in [-0.1, -0.05) is 0 Å². The summed E-state index contributed by atoms with van der Waals surface area (Å²) in [7, 11) is -10.6. The number of aliphatic carboxylic acids is 2. The maximum Gasteiger partial charge on any atom is 1.00 e. The summed E-state index contributed by atoms with van der Waals surface area (Å²) < 4.78 is 64.0. The van der Waals surface area contributed by atoms with Gasteiger partial charge in [-0.15, -0.1) is 0 Å². The molecule has 0 radical (unpaired) electrons. The van der Waals surface area contributed by atoms with E-state index in [1.54, 1.807) is 0 Å². The molecule has 2 aliphatic rings. The number of rotatable bonds is 9. The minimum Gasteiger partial charge on any atom is -0.550 e. The van der Waals surface area contributed by atoms with E-state index in [0.717, 1.165) is 0 Å². The summed E-state index contributed by atoms with van der Waals surface area (Å²) >= 11 is 0. The molecule has 0 aromatic carbocycles. The average molecular weight is 544 g/mol. The third-order valence-electron chi connectivity index (χ3n) is 4.90. The van der Waals surface area contributed by atoms with E-state index in [-0.39, 0.29) is 68.9 Å². The number of carboxylic acid groups (broad SMARTS) is 2. The van der Waals surface area contributed by atoms with Crippen LogP contribution in [0.4, 0.5) is 0 Å². The molecule has 2 N–H and O–H groups in total. The number of imide groups is 2. The molecule has 4 amide bonds. The van der Waals surface area contributed by atoms with E-state index in [1.807, 2.05) is 0 Å². The fourth-order valence-corrected chi connectivity index (χ4v) is 4.97.